The second-order valence-corrected chi connectivity index (χ2v) is 5.03. The van der Waals surface area contributed by atoms with Gasteiger partial charge in [0.05, 0.1) is 5.60 Å². The first-order chi connectivity index (χ1) is 8.21. The number of carbonyl (C=O) groups excluding carboxylic acids is 1. The Labute approximate surface area is 103 Å². The maximum Gasteiger partial charge on any atom is 0.441 e. The predicted octanol–water partition coefficient (Wildman–Crippen LogP) is 0.983. The van der Waals surface area contributed by atoms with Crippen molar-refractivity contribution in [2.24, 2.45) is 5.92 Å². The van der Waals surface area contributed by atoms with Crippen molar-refractivity contribution in [3.05, 3.63) is 24.0 Å². The van der Waals surface area contributed by atoms with E-state index in [1.165, 1.54) is 6.08 Å². The standard InChI is InChI=1S/C12H14F2O4/c1-11(2)6-7-4-3-5-8(9(7)18-11)17-12(13,14)10(15)16/h3-5,7,9H,6H2,1-2H3,(H,15,16)/p-1. The normalized spacial score (nSPS) is 29.7. The maximum atomic E-state index is 13.0. The minimum atomic E-state index is -4.35. The van der Waals surface area contributed by atoms with Gasteiger partial charge < -0.3 is 19.4 Å². The zero-order valence-electron chi connectivity index (χ0n) is 9.98. The van der Waals surface area contributed by atoms with Crippen molar-refractivity contribution in [2.75, 3.05) is 0 Å². The first-order valence-corrected chi connectivity index (χ1v) is 5.56. The van der Waals surface area contributed by atoms with Crippen LogP contribution in [0.15, 0.2) is 24.0 Å². The minimum absolute atomic E-state index is 0.0856. The van der Waals surface area contributed by atoms with Gasteiger partial charge in [-0.25, -0.2) is 0 Å². The Bertz CT molecular complexity index is 426. The van der Waals surface area contributed by atoms with E-state index in [-0.39, 0.29) is 11.7 Å². The number of aliphatic carboxylic acids is 1. The van der Waals surface area contributed by atoms with Gasteiger partial charge in [-0.15, -0.1) is 0 Å². The van der Waals surface area contributed by atoms with E-state index in [4.69, 9.17) is 4.74 Å². The monoisotopic (exact) mass is 259 g/mol. The smallest absolute Gasteiger partial charge is 0.441 e. The average molecular weight is 259 g/mol. The molecule has 1 aliphatic carbocycles. The van der Waals surface area contributed by atoms with Gasteiger partial charge in [-0.05, 0) is 26.3 Å². The summed E-state index contributed by atoms with van der Waals surface area (Å²) in [6.45, 7) is 3.68. The molecule has 18 heavy (non-hydrogen) atoms. The van der Waals surface area contributed by atoms with E-state index >= 15 is 0 Å². The second-order valence-electron chi connectivity index (χ2n) is 5.03. The lowest BCUT2D eigenvalue weighted by Crippen LogP contribution is -2.44. The van der Waals surface area contributed by atoms with Crippen molar-refractivity contribution in [3.63, 3.8) is 0 Å². The van der Waals surface area contributed by atoms with Crippen molar-refractivity contribution in [1.29, 1.82) is 0 Å². The van der Waals surface area contributed by atoms with Crippen LogP contribution in [0, 0.1) is 5.92 Å². The molecule has 0 saturated carbocycles. The Balaban J connectivity index is 2.17. The fourth-order valence-corrected chi connectivity index (χ4v) is 2.26. The first kappa shape index (κ1) is 13.0. The molecule has 2 aliphatic rings. The Morgan fingerprint density at radius 3 is 2.89 bits per heavy atom. The zero-order chi connectivity index (χ0) is 13.6. The number of carboxylic acid groups (broad SMARTS) is 1. The number of fused-ring (bicyclic) bond motifs is 1. The number of rotatable bonds is 3. The molecule has 0 amide bonds. The number of alkyl halides is 2. The Kier molecular flexibility index (Phi) is 2.93. The lowest BCUT2D eigenvalue weighted by Gasteiger charge is -2.27. The molecule has 1 fully saturated rings. The van der Waals surface area contributed by atoms with Gasteiger partial charge in [0.15, 0.2) is 5.97 Å². The molecule has 4 nitrogen and oxygen atoms in total. The predicted molar refractivity (Wildman–Crippen MR) is 55.3 cm³/mol. The fraction of sp³-hybridized carbons (Fsp3) is 0.583. The third-order valence-corrected chi connectivity index (χ3v) is 2.95. The highest BCUT2D eigenvalue weighted by Gasteiger charge is 2.45. The molecule has 0 aromatic carbocycles. The van der Waals surface area contributed by atoms with E-state index in [2.05, 4.69) is 4.74 Å². The molecule has 2 rings (SSSR count). The summed E-state index contributed by atoms with van der Waals surface area (Å²) in [4.78, 5) is 10.2. The van der Waals surface area contributed by atoms with Crippen LogP contribution < -0.4 is 5.11 Å². The summed E-state index contributed by atoms with van der Waals surface area (Å²) >= 11 is 0. The third kappa shape index (κ3) is 2.38. The second kappa shape index (κ2) is 4.05. The quantitative estimate of drug-likeness (QED) is 0.758. The number of halogens is 2. The van der Waals surface area contributed by atoms with E-state index in [1.54, 1.807) is 6.08 Å². The molecule has 1 heterocycles. The van der Waals surface area contributed by atoms with Gasteiger partial charge in [0, 0.05) is 5.92 Å². The van der Waals surface area contributed by atoms with Gasteiger partial charge in [-0.1, -0.05) is 12.2 Å². The highest BCUT2D eigenvalue weighted by Crippen LogP contribution is 2.41. The van der Waals surface area contributed by atoms with Gasteiger partial charge in [-0.2, -0.15) is 8.78 Å². The molecule has 100 valence electrons. The lowest BCUT2D eigenvalue weighted by atomic mass is 9.91. The van der Waals surface area contributed by atoms with Crippen molar-refractivity contribution in [1.82, 2.24) is 0 Å². The molecule has 0 aromatic rings. The molecule has 0 bridgehead atoms. The SMILES string of the molecule is CC1(C)CC2C=CC=C(OC(F)(F)C(=O)[O-])C2O1. The van der Waals surface area contributed by atoms with E-state index in [1.807, 2.05) is 19.9 Å². The number of hydrogen-bond acceptors (Lipinski definition) is 4. The molecule has 1 aliphatic heterocycles. The van der Waals surface area contributed by atoms with Gasteiger partial charge in [0.25, 0.3) is 0 Å². The molecule has 2 unspecified atom stereocenters. The molecular weight excluding hydrogens is 246 g/mol. The summed E-state index contributed by atoms with van der Waals surface area (Å²) in [6.07, 6.45) is 0.328. The molecule has 0 radical (unpaired) electrons. The van der Waals surface area contributed by atoms with Gasteiger partial charge in [0.1, 0.15) is 11.9 Å². The van der Waals surface area contributed by atoms with Crippen LogP contribution in [0.2, 0.25) is 0 Å². The topological polar surface area (TPSA) is 58.6 Å². The van der Waals surface area contributed by atoms with Crippen LogP contribution in [0.3, 0.4) is 0 Å². The van der Waals surface area contributed by atoms with Crippen LogP contribution >= 0.6 is 0 Å². The van der Waals surface area contributed by atoms with Crippen molar-refractivity contribution < 1.29 is 28.2 Å². The van der Waals surface area contributed by atoms with Crippen LogP contribution in [0.4, 0.5) is 8.78 Å². The number of carbonyl (C=O) groups is 1. The summed E-state index contributed by atoms with van der Waals surface area (Å²) < 4.78 is 35.8. The molecule has 0 spiro atoms. The minimum Gasteiger partial charge on any atom is -0.541 e. The summed E-state index contributed by atoms with van der Waals surface area (Å²) in [7, 11) is 0. The van der Waals surface area contributed by atoms with Gasteiger partial charge in [0.2, 0.25) is 0 Å². The average Bonchev–Trinajstić information content (AvgIpc) is 2.52. The molecular formula is C12H13F2O4-. The number of carboxylic acids is 1. The summed E-state index contributed by atoms with van der Waals surface area (Å²) in [5.41, 5.74) is -0.455. The zero-order valence-corrected chi connectivity index (χ0v) is 9.98. The Morgan fingerprint density at radius 1 is 1.61 bits per heavy atom. The van der Waals surface area contributed by atoms with Crippen molar-refractivity contribution >= 4 is 5.97 Å². The highest BCUT2D eigenvalue weighted by molar-refractivity contribution is 5.71. The summed E-state index contributed by atoms with van der Waals surface area (Å²) in [6, 6.07) is 0. The lowest BCUT2D eigenvalue weighted by molar-refractivity contribution is -0.359. The van der Waals surface area contributed by atoms with Crippen LogP contribution in [0.1, 0.15) is 20.3 Å². The van der Waals surface area contributed by atoms with E-state index in [0.29, 0.717) is 6.42 Å². The van der Waals surface area contributed by atoms with E-state index < -0.39 is 23.8 Å². The van der Waals surface area contributed by atoms with Crippen LogP contribution in [0.5, 0.6) is 0 Å². The highest BCUT2D eigenvalue weighted by atomic mass is 19.3. The molecule has 0 aromatic heterocycles. The third-order valence-electron chi connectivity index (χ3n) is 2.95. The first-order valence-electron chi connectivity index (χ1n) is 5.56. The number of hydrogen-bond donors (Lipinski definition) is 0. The summed E-state index contributed by atoms with van der Waals surface area (Å²) in [5.74, 6) is -2.83. The molecule has 2 atom stereocenters. The number of ether oxygens (including phenoxy) is 2. The van der Waals surface area contributed by atoms with Crippen molar-refractivity contribution in [2.45, 2.75) is 38.1 Å². The van der Waals surface area contributed by atoms with E-state index in [9.17, 15) is 18.7 Å². The van der Waals surface area contributed by atoms with Crippen molar-refractivity contribution in [3.8, 4) is 0 Å². The van der Waals surface area contributed by atoms with E-state index in [0.717, 1.165) is 0 Å². The fourth-order valence-electron chi connectivity index (χ4n) is 2.26. The van der Waals surface area contributed by atoms with Gasteiger partial charge in [-0.3, -0.25) is 0 Å². The molecule has 6 heteroatoms. The Morgan fingerprint density at radius 2 is 2.28 bits per heavy atom. The largest absolute Gasteiger partial charge is 0.541 e. The summed E-state index contributed by atoms with van der Waals surface area (Å²) in [5, 5.41) is 10.2. The van der Waals surface area contributed by atoms with Gasteiger partial charge >= 0.3 is 6.11 Å². The number of allylic oxidation sites excluding steroid dienone is 2. The van der Waals surface area contributed by atoms with Crippen LogP contribution in [-0.2, 0) is 14.3 Å². The van der Waals surface area contributed by atoms with Crippen LogP contribution in [0.25, 0.3) is 0 Å². The maximum absolute atomic E-state index is 13.0. The van der Waals surface area contributed by atoms with Crippen LogP contribution in [-0.4, -0.2) is 23.8 Å². The molecule has 1 saturated heterocycles. The molecule has 0 N–H and O–H groups in total. The Hall–Kier alpha value is -1.43.